The zero-order valence-corrected chi connectivity index (χ0v) is 13.8. The van der Waals surface area contributed by atoms with Gasteiger partial charge in [-0.2, -0.15) is 0 Å². The third-order valence-electron chi connectivity index (χ3n) is 2.82. The Balaban J connectivity index is 2.59. The van der Waals surface area contributed by atoms with Gasteiger partial charge in [0.15, 0.2) is 0 Å². The fourth-order valence-electron chi connectivity index (χ4n) is 1.74. The van der Waals surface area contributed by atoms with Crippen LogP contribution < -0.4 is 5.32 Å². The van der Waals surface area contributed by atoms with Crippen LogP contribution in [0.1, 0.15) is 32.8 Å². The number of ether oxygens (including phenoxy) is 1. The van der Waals surface area contributed by atoms with Crippen molar-refractivity contribution in [1.82, 2.24) is 5.06 Å². The molecule has 2 amide bonds. The summed E-state index contributed by atoms with van der Waals surface area (Å²) in [6, 6.07) is 7.33. The molecule has 1 aromatic rings. The van der Waals surface area contributed by atoms with Crippen LogP contribution in [0, 0.1) is 0 Å². The Hall–Kier alpha value is -2.08. The normalized spacial score (nSPS) is 11.0. The number of carbonyl (C=O) groups excluding carboxylic acids is 2. The minimum atomic E-state index is -0.543. The van der Waals surface area contributed by atoms with Crippen molar-refractivity contribution in [1.29, 1.82) is 0 Å². The number of nitrogens with one attached hydrogen (secondary N) is 1. The first-order chi connectivity index (χ1) is 10.2. The Morgan fingerprint density at radius 3 is 2.55 bits per heavy atom. The second-order valence-corrected chi connectivity index (χ2v) is 5.90. The first kappa shape index (κ1) is 18.0. The molecule has 6 heteroatoms. The van der Waals surface area contributed by atoms with Gasteiger partial charge in [0.1, 0.15) is 5.60 Å². The maximum absolute atomic E-state index is 11.7. The average Bonchev–Trinajstić information content (AvgIpc) is 2.42. The summed E-state index contributed by atoms with van der Waals surface area (Å²) >= 11 is 0. The van der Waals surface area contributed by atoms with Gasteiger partial charge in [0.25, 0.3) is 0 Å². The van der Waals surface area contributed by atoms with E-state index in [1.54, 1.807) is 33.9 Å². The summed E-state index contributed by atoms with van der Waals surface area (Å²) in [5.74, 6) is -0.104. The molecule has 0 bridgehead atoms. The van der Waals surface area contributed by atoms with Crippen LogP contribution in [0.15, 0.2) is 24.3 Å². The van der Waals surface area contributed by atoms with Crippen LogP contribution in [0.25, 0.3) is 0 Å². The van der Waals surface area contributed by atoms with Gasteiger partial charge in [-0.3, -0.25) is 14.9 Å². The number of amides is 2. The molecule has 1 aromatic carbocycles. The fraction of sp³-hybridized carbons (Fsp3) is 0.500. The number of nitrogens with zero attached hydrogens (tertiary/aromatic N) is 1. The van der Waals surface area contributed by atoms with Crippen molar-refractivity contribution in [3.05, 3.63) is 29.8 Å². The highest BCUT2D eigenvalue weighted by atomic mass is 16.7. The smallest absolute Gasteiger partial charge is 0.412 e. The Morgan fingerprint density at radius 1 is 1.27 bits per heavy atom. The highest BCUT2D eigenvalue weighted by molar-refractivity contribution is 5.85. The molecule has 0 saturated heterocycles. The monoisotopic (exact) mass is 308 g/mol. The molecule has 0 aliphatic carbocycles. The van der Waals surface area contributed by atoms with Gasteiger partial charge in [0.2, 0.25) is 5.91 Å². The molecule has 22 heavy (non-hydrogen) atoms. The number of rotatable bonds is 5. The van der Waals surface area contributed by atoms with Gasteiger partial charge in [-0.05, 0) is 44.9 Å². The third kappa shape index (κ3) is 6.58. The Labute approximate surface area is 131 Å². The second-order valence-electron chi connectivity index (χ2n) is 5.90. The van der Waals surface area contributed by atoms with Crippen LogP contribution in [0.5, 0.6) is 0 Å². The molecule has 0 heterocycles. The molecule has 1 N–H and O–H groups in total. The SMILES string of the molecule is CON(C)C(=O)CCc1cccc(NC(=O)OC(C)(C)C)c1. The van der Waals surface area contributed by atoms with Gasteiger partial charge in [-0.1, -0.05) is 12.1 Å². The summed E-state index contributed by atoms with van der Waals surface area (Å²) < 4.78 is 5.20. The van der Waals surface area contributed by atoms with Crippen molar-refractivity contribution >= 4 is 17.7 Å². The van der Waals surface area contributed by atoms with Crippen molar-refractivity contribution < 1.29 is 19.2 Å². The molecule has 0 saturated carbocycles. The van der Waals surface area contributed by atoms with E-state index in [4.69, 9.17) is 9.57 Å². The molecule has 0 aliphatic rings. The minimum Gasteiger partial charge on any atom is -0.444 e. The van der Waals surface area contributed by atoms with Crippen LogP contribution >= 0.6 is 0 Å². The lowest BCUT2D eigenvalue weighted by atomic mass is 10.1. The van der Waals surface area contributed by atoms with Gasteiger partial charge >= 0.3 is 6.09 Å². The Morgan fingerprint density at radius 2 is 1.95 bits per heavy atom. The lowest BCUT2D eigenvalue weighted by Gasteiger charge is -2.19. The van der Waals surface area contributed by atoms with E-state index in [1.165, 1.54) is 12.2 Å². The lowest BCUT2D eigenvalue weighted by Crippen LogP contribution is -2.27. The Bertz CT molecular complexity index is 523. The summed E-state index contributed by atoms with van der Waals surface area (Å²) in [6.45, 7) is 5.42. The molecule has 0 atom stereocenters. The molecule has 0 aliphatic heterocycles. The summed E-state index contributed by atoms with van der Waals surface area (Å²) in [7, 11) is 3.02. The van der Waals surface area contributed by atoms with Gasteiger partial charge in [-0.15, -0.1) is 0 Å². The predicted octanol–water partition coefficient (Wildman–Crippen LogP) is 2.99. The lowest BCUT2D eigenvalue weighted by molar-refractivity contribution is -0.168. The predicted molar refractivity (Wildman–Crippen MR) is 84.4 cm³/mol. The van der Waals surface area contributed by atoms with E-state index in [0.29, 0.717) is 18.5 Å². The van der Waals surface area contributed by atoms with E-state index in [9.17, 15) is 9.59 Å². The molecule has 0 unspecified atom stereocenters. The van der Waals surface area contributed by atoms with E-state index in [2.05, 4.69) is 5.32 Å². The average molecular weight is 308 g/mol. The van der Waals surface area contributed by atoms with Crippen LogP contribution in [0.4, 0.5) is 10.5 Å². The first-order valence-electron chi connectivity index (χ1n) is 7.11. The highest BCUT2D eigenvalue weighted by Crippen LogP contribution is 2.15. The van der Waals surface area contributed by atoms with Crippen molar-refractivity contribution in [2.45, 2.75) is 39.2 Å². The Kier molecular flexibility index (Phi) is 6.37. The molecule has 6 nitrogen and oxygen atoms in total. The first-order valence-corrected chi connectivity index (χ1v) is 7.11. The highest BCUT2D eigenvalue weighted by Gasteiger charge is 2.16. The van der Waals surface area contributed by atoms with Crippen LogP contribution in [-0.4, -0.2) is 36.8 Å². The molecular formula is C16H24N2O4. The molecule has 0 fully saturated rings. The fourth-order valence-corrected chi connectivity index (χ4v) is 1.74. The summed E-state index contributed by atoms with van der Waals surface area (Å²) in [5.41, 5.74) is 1.05. The number of carbonyl (C=O) groups is 2. The van der Waals surface area contributed by atoms with Crippen LogP contribution in [0.3, 0.4) is 0 Å². The molecule has 0 aromatic heterocycles. The van der Waals surface area contributed by atoms with E-state index in [1.807, 2.05) is 18.2 Å². The zero-order chi connectivity index (χ0) is 16.8. The number of hydrogen-bond donors (Lipinski definition) is 1. The maximum Gasteiger partial charge on any atom is 0.412 e. The molecule has 122 valence electrons. The van der Waals surface area contributed by atoms with E-state index in [0.717, 1.165) is 5.56 Å². The zero-order valence-electron chi connectivity index (χ0n) is 13.8. The molecule has 1 rings (SSSR count). The van der Waals surface area contributed by atoms with E-state index < -0.39 is 11.7 Å². The summed E-state index contributed by atoms with van der Waals surface area (Å²) in [6.07, 6.45) is 0.399. The van der Waals surface area contributed by atoms with Crippen LogP contribution in [0.2, 0.25) is 0 Å². The van der Waals surface area contributed by atoms with Crippen LogP contribution in [-0.2, 0) is 20.8 Å². The maximum atomic E-state index is 11.7. The number of hydrogen-bond acceptors (Lipinski definition) is 4. The molecular weight excluding hydrogens is 284 g/mol. The summed E-state index contributed by atoms with van der Waals surface area (Å²) in [5, 5.41) is 3.88. The van der Waals surface area contributed by atoms with E-state index >= 15 is 0 Å². The number of anilines is 1. The number of benzene rings is 1. The third-order valence-corrected chi connectivity index (χ3v) is 2.82. The van der Waals surface area contributed by atoms with E-state index in [-0.39, 0.29) is 5.91 Å². The van der Waals surface area contributed by atoms with Gasteiger partial charge in [0.05, 0.1) is 7.11 Å². The standard InChI is InChI=1S/C16H24N2O4/c1-16(2,3)22-15(20)17-13-8-6-7-12(11-13)9-10-14(19)18(4)21-5/h6-8,11H,9-10H2,1-5H3,(H,17,20). The van der Waals surface area contributed by atoms with Gasteiger partial charge < -0.3 is 4.74 Å². The molecule has 0 spiro atoms. The number of hydroxylamine groups is 2. The minimum absolute atomic E-state index is 0.104. The number of aryl methyl sites for hydroxylation is 1. The van der Waals surface area contributed by atoms with Crippen molar-refractivity contribution in [2.75, 3.05) is 19.5 Å². The largest absolute Gasteiger partial charge is 0.444 e. The quantitative estimate of drug-likeness (QED) is 0.849. The topological polar surface area (TPSA) is 67.9 Å². The van der Waals surface area contributed by atoms with Gasteiger partial charge in [0, 0.05) is 19.2 Å². The van der Waals surface area contributed by atoms with Crippen molar-refractivity contribution in [2.24, 2.45) is 0 Å². The van der Waals surface area contributed by atoms with Crippen molar-refractivity contribution in [3.8, 4) is 0 Å². The molecule has 0 radical (unpaired) electrons. The summed E-state index contributed by atoms with van der Waals surface area (Å²) in [4.78, 5) is 28.2. The van der Waals surface area contributed by atoms with Crippen molar-refractivity contribution in [3.63, 3.8) is 0 Å². The van der Waals surface area contributed by atoms with Gasteiger partial charge in [-0.25, -0.2) is 9.86 Å². The second kappa shape index (κ2) is 7.79.